The van der Waals surface area contributed by atoms with Crippen molar-refractivity contribution in [2.75, 3.05) is 6.54 Å². The van der Waals surface area contributed by atoms with Crippen LogP contribution in [0.2, 0.25) is 0 Å². The Bertz CT molecular complexity index is 505. The molecule has 0 aliphatic heterocycles. The Hall–Kier alpha value is -1.55. The highest BCUT2D eigenvalue weighted by Gasteiger charge is 2.31. The molecule has 4 heteroatoms. The molecule has 3 rings (SSSR count). The zero-order valence-electron chi connectivity index (χ0n) is 12.3. The normalized spacial score (nSPS) is 20.8. The lowest BCUT2D eigenvalue weighted by Gasteiger charge is -2.27. The van der Waals surface area contributed by atoms with Gasteiger partial charge in [-0.3, -0.25) is 4.79 Å². The zero-order valence-corrected chi connectivity index (χ0v) is 12.3. The SMILES string of the molecule is O=C(NCC1(O)CCCC1)c1ccccc1OC1CCC1. The molecule has 1 aromatic rings. The maximum Gasteiger partial charge on any atom is 0.255 e. The van der Waals surface area contributed by atoms with Gasteiger partial charge in [-0.25, -0.2) is 0 Å². The van der Waals surface area contributed by atoms with Gasteiger partial charge in [-0.05, 0) is 44.2 Å². The number of ether oxygens (including phenoxy) is 1. The quantitative estimate of drug-likeness (QED) is 0.876. The predicted octanol–water partition coefficient (Wildman–Crippen LogP) is 2.65. The van der Waals surface area contributed by atoms with Crippen LogP contribution in [0, 0.1) is 0 Å². The number of nitrogens with one attached hydrogen (secondary N) is 1. The molecule has 0 spiro atoms. The third kappa shape index (κ3) is 3.38. The van der Waals surface area contributed by atoms with Crippen molar-refractivity contribution in [3.8, 4) is 5.75 Å². The molecule has 0 unspecified atom stereocenters. The summed E-state index contributed by atoms with van der Waals surface area (Å²) in [6, 6.07) is 7.35. The maximum atomic E-state index is 12.4. The Kier molecular flexibility index (Phi) is 4.15. The molecule has 0 radical (unpaired) electrons. The molecular weight excluding hydrogens is 266 g/mol. The second-order valence-corrected chi connectivity index (χ2v) is 6.28. The van der Waals surface area contributed by atoms with Gasteiger partial charge < -0.3 is 15.2 Å². The Labute approximate surface area is 125 Å². The number of hydrogen-bond acceptors (Lipinski definition) is 3. The van der Waals surface area contributed by atoms with Gasteiger partial charge in [-0.1, -0.05) is 25.0 Å². The first-order chi connectivity index (χ1) is 10.2. The van der Waals surface area contributed by atoms with Crippen molar-refractivity contribution in [2.45, 2.75) is 56.7 Å². The van der Waals surface area contributed by atoms with Crippen LogP contribution in [0.4, 0.5) is 0 Å². The average Bonchev–Trinajstić information content (AvgIpc) is 2.88. The molecule has 2 fully saturated rings. The third-order valence-corrected chi connectivity index (χ3v) is 4.59. The number of rotatable bonds is 5. The first-order valence-corrected chi connectivity index (χ1v) is 7.93. The van der Waals surface area contributed by atoms with Crippen molar-refractivity contribution in [1.82, 2.24) is 5.32 Å². The summed E-state index contributed by atoms with van der Waals surface area (Å²) in [5, 5.41) is 13.2. The van der Waals surface area contributed by atoms with E-state index < -0.39 is 5.60 Å². The van der Waals surface area contributed by atoms with Crippen LogP contribution >= 0.6 is 0 Å². The first kappa shape index (κ1) is 14.4. The fraction of sp³-hybridized carbons (Fsp3) is 0.588. The lowest BCUT2D eigenvalue weighted by atomic mass is 9.96. The number of hydrogen-bond donors (Lipinski definition) is 2. The van der Waals surface area contributed by atoms with Crippen molar-refractivity contribution < 1.29 is 14.6 Å². The Balaban J connectivity index is 1.63. The topological polar surface area (TPSA) is 58.6 Å². The van der Waals surface area contributed by atoms with E-state index in [4.69, 9.17) is 4.74 Å². The minimum absolute atomic E-state index is 0.162. The van der Waals surface area contributed by atoms with Crippen molar-refractivity contribution in [3.63, 3.8) is 0 Å². The Morgan fingerprint density at radius 2 is 1.95 bits per heavy atom. The summed E-state index contributed by atoms with van der Waals surface area (Å²) in [5.74, 6) is 0.489. The van der Waals surface area contributed by atoms with E-state index >= 15 is 0 Å². The average molecular weight is 289 g/mol. The van der Waals surface area contributed by atoms with E-state index in [1.807, 2.05) is 18.2 Å². The van der Waals surface area contributed by atoms with Crippen LogP contribution in [-0.2, 0) is 0 Å². The van der Waals surface area contributed by atoms with Gasteiger partial charge >= 0.3 is 0 Å². The monoisotopic (exact) mass is 289 g/mol. The lowest BCUT2D eigenvalue weighted by molar-refractivity contribution is 0.0447. The minimum Gasteiger partial charge on any atom is -0.490 e. The Morgan fingerprint density at radius 1 is 1.24 bits per heavy atom. The van der Waals surface area contributed by atoms with Crippen LogP contribution < -0.4 is 10.1 Å². The molecule has 2 saturated carbocycles. The third-order valence-electron chi connectivity index (χ3n) is 4.59. The van der Waals surface area contributed by atoms with Crippen molar-refractivity contribution in [2.24, 2.45) is 0 Å². The number of para-hydroxylation sites is 1. The van der Waals surface area contributed by atoms with Crippen LogP contribution in [0.5, 0.6) is 5.75 Å². The smallest absolute Gasteiger partial charge is 0.255 e. The van der Waals surface area contributed by atoms with Gasteiger partial charge in [-0.2, -0.15) is 0 Å². The standard InChI is InChI=1S/C17H23NO3/c19-16(18-12-17(20)10-3-4-11-17)14-8-1-2-9-15(14)21-13-6-5-7-13/h1-2,8-9,13,20H,3-7,10-12H2,(H,18,19). The number of aliphatic hydroxyl groups is 1. The fourth-order valence-electron chi connectivity index (χ4n) is 2.98. The van der Waals surface area contributed by atoms with Gasteiger partial charge in [0.1, 0.15) is 5.75 Å². The summed E-state index contributed by atoms with van der Waals surface area (Å²) in [5.41, 5.74) is -0.162. The maximum absolute atomic E-state index is 12.4. The summed E-state index contributed by atoms with van der Waals surface area (Å²) in [6.07, 6.45) is 7.19. The summed E-state index contributed by atoms with van der Waals surface area (Å²) >= 11 is 0. The molecule has 0 heterocycles. The molecular formula is C17H23NO3. The highest BCUT2D eigenvalue weighted by Crippen LogP contribution is 2.30. The van der Waals surface area contributed by atoms with Crippen LogP contribution in [0.1, 0.15) is 55.3 Å². The highest BCUT2D eigenvalue weighted by molar-refractivity contribution is 5.96. The second-order valence-electron chi connectivity index (χ2n) is 6.28. The number of benzene rings is 1. The van der Waals surface area contributed by atoms with Gasteiger partial charge in [0.15, 0.2) is 0 Å². The molecule has 1 aromatic carbocycles. The lowest BCUT2D eigenvalue weighted by Crippen LogP contribution is -2.41. The molecule has 2 aliphatic rings. The van der Waals surface area contributed by atoms with Crippen molar-refractivity contribution in [3.05, 3.63) is 29.8 Å². The van der Waals surface area contributed by atoms with E-state index in [1.165, 1.54) is 6.42 Å². The fourth-order valence-corrected chi connectivity index (χ4v) is 2.98. The summed E-state index contributed by atoms with van der Waals surface area (Å²) < 4.78 is 5.88. The van der Waals surface area contributed by atoms with Gasteiger partial charge in [0.25, 0.3) is 5.91 Å². The van der Waals surface area contributed by atoms with Crippen molar-refractivity contribution >= 4 is 5.91 Å². The van der Waals surface area contributed by atoms with Gasteiger partial charge in [0.2, 0.25) is 0 Å². The number of carbonyl (C=O) groups is 1. The van der Waals surface area contributed by atoms with Crippen LogP contribution in [0.3, 0.4) is 0 Å². The van der Waals surface area contributed by atoms with E-state index in [-0.39, 0.29) is 12.0 Å². The molecule has 21 heavy (non-hydrogen) atoms. The van der Waals surface area contributed by atoms with Crippen molar-refractivity contribution in [1.29, 1.82) is 0 Å². The van der Waals surface area contributed by atoms with Gasteiger partial charge in [-0.15, -0.1) is 0 Å². The first-order valence-electron chi connectivity index (χ1n) is 7.93. The Morgan fingerprint density at radius 3 is 2.62 bits per heavy atom. The van der Waals surface area contributed by atoms with E-state index in [2.05, 4.69) is 5.32 Å². The largest absolute Gasteiger partial charge is 0.490 e. The summed E-state index contributed by atoms with van der Waals surface area (Å²) in [7, 11) is 0. The summed E-state index contributed by atoms with van der Waals surface area (Å²) in [4.78, 5) is 12.4. The molecule has 1 amide bonds. The molecule has 0 bridgehead atoms. The molecule has 114 valence electrons. The van der Waals surface area contributed by atoms with Crippen LogP contribution in [-0.4, -0.2) is 29.3 Å². The predicted molar refractivity (Wildman–Crippen MR) is 80.5 cm³/mol. The highest BCUT2D eigenvalue weighted by atomic mass is 16.5. The van der Waals surface area contributed by atoms with E-state index in [0.29, 0.717) is 17.9 Å². The van der Waals surface area contributed by atoms with Gasteiger partial charge in [0, 0.05) is 6.54 Å². The number of carbonyl (C=O) groups excluding carboxylic acids is 1. The van der Waals surface area contributed by atoms with E-state index in [0.717, 1.165) is 38.5 Å². The molecule has 0 aromatic heterocycles. The van der Waals surface area contributed by atoms with Crippen LogP contribution in [0.15, 0.2) is 24.3 Å². The van der Waals surface area contributed by atoms with E-state index in [1.54, 1.807) is 6.07 Å². The summed E-state index contributed by atoms with van der Waals surface area (Å²) in [6.45, 7) is 0.323. The molecule has 2 aliphatic carbocycles. The minimum atomic E-state index is -0.723. The molecule has 0 atom stereocenters. The molecule has 2 N–H and O–H groups in total. The zero-order chi connectivity index (χ0) is 14.7. The molecule has 4 nitrogen and oxygen atoms in total. The number of amides is 1. The van der Waals surface area contributed by atoms with Crippen LogP contribution in [0.25, 0.3) is 0 Å². The second kappa shape index (κ2) is 6.06. The van der Waals surface area contributed by atoms with Gasteiger partial charge in [0.05, 0.1) is 17.3 Å². The van der Waals surface area contributed by atoms with E-state index in [9.17, 15) is 9.90 Å². The molecule has 0 saturated heterocycles.